The highest BCUT2D eigenvalue weighted by molar-refractivity contribution is 5.41. The fraction of sp³-hybridized carbons (Fsp3) is 0.471. The van der Waals surface area contributed by atoms with Gasteiger partial charge in [0.15, 0.2) is 0 Å². The fourth-order valence-corrected chi connectivity index (χ4v) is 2.36. The monoisotopic (exact) mass is 271 g/mol. The molecule has 2 rings (SSSR count). The average Bonchev–Trinajstić information content (AvgIpc) is 2.85. The van der Waals surface area contributed by atoms with E-state index in [0.29, 0.717) is 6.04 Å². The second-order valence-electron chi connectivity index (χ2n) is 6.46. The predicted octanol–water partition coefficient (Wildman–Crippen LogP) is 4.49. The molecule has 20 heavy (non-hydrogen) atoms. The van der Waals surface area contributed by atoms with Crippen LogP contribution in [0.1, 0.15) is 45.7 Å². The standard InChI is InChI=1S/C17H25N3/c1-5-20-13-15(12-18-20)19-16(11-17(2,3)4)14-9-7-6-8-10-14/h6-10,12-13,16,19H,5,11H2,1-4H3. The second kappa shape index (κ2) is 6.12. The molecule has 0 radical (unpaired) electrons. The first kappa shape index (κ1) is 14.6. The Hall–Kier alpha value is -1.77. The molecule has 1 aromatic heterocycles. The summed E-state index contributed by atoms with van der Waals surface area (Å²) < 4.78 is 1.95. The molecule has 1 unspecified atom stereocenters. The molecule has 1 heterocycles. The van der Waals surface area contributed by atoms with Crippen LogP contribution < -0.4 is 5.32 Å². The van der Waals surface area contributed by atoms with Crippen LogP contribution in [0.4, 0.5) is 5.69 Å². The molecule has 0 aliphatic rings. The van der Waals surface area contributed by atoms with Crippen molar-refractivity contribution in [3.8, 4) is 0 Å². The number of hydrogen-bond acceptors (Lipinski definition) is 2. The van der Waals surface area contributed by atoms with E-state index in [4.69, 9.17) is 0 Å². The summed E-state index contributed by atoms with van der Waals surface area (Å²) in [5, 5.41) is 7.96. The number of nitrogens with one attached hydrogen (secondary N) is 1. The molecular formula is C17H25N3. The minimum atomic E-state index is 0.272. The van der Waals surface area contributed by atoms with E-state index in [2.05, 4.69) is 74.6 Å². The lowest BCUT2D eigenvalue weighted by Crippen LogP contribution is -2.18. The molecule has 2 aromatic rings. The number of aromatic nitrogens is 2. The summed E-state index contributed by atoms with van der Waals surface area (Å²) in [4.78, 5) is 0. The maximum Gasteiger partial charge on any atom is 0.0731 e. The van der Waals surface area contributed by atoms with Crippen molar-refractivity contribution >= 4 is 5.69 Å². The number of anilines is 1. The lowest BCUT2D eigenvalue weighted by molar-refractivity contribution is 0.352. The van der Waals surface area contributed by atoms with E-state index < -0.39 is 0 Å². The van der Waals surface area contributed by atoms with Crippen molar-refractivity contribution in [2.75, 3.05) is 5.32 Å². The number of benzene rings is 1. The van der Waals surface area contributed by atoms with Crippen LogP contribution in [0.15, 0.2) is 42.7 Å². The van der Waals surface area contributed by atoms with Crippen LogP contribution in [-0.4, -0.2) is 9.78 Å². The molecule has 108 valence electrons. The molecular weight excluding hydrogens is 246 g/mol. The summed E-state index contributed by atoms with van der Waals surface area (Å²) in [7, 11) is 0. The van der Waals surface area contributed by atoms with Crippen LogP contribution in [0.5, 0.6) is 0 Å². The van der Waals surface area contributed by atoms with Crippen molar-refractivity contribution in [2.24, 2.45) is 5.41 Å². The van der Waals surface area contributed by atoms with Crippen molar-refractivity contribution in [1.29, 1.82) is 0 Å². The Morgan fingerprint density at radius 3 is 2.45 bits per heavy atom. The maximum atomic E-state index is 4.33. The highest BCUT2D eigenvalue weighted by Gasteiger charge is 2.20. The van der Waals surface area contributed by atoms with E-state index in [-0.39, 0.29) is 5.41 Å². The quantitative estimate of drug-likeness (QED) is 0.868. The summed E-state index contributed by atoms with van der Waals surface area (Å²) in [6.07, 6.45) is 5.05. The van der Waals surface area contributed by atoms with Crippen molar-refractivity contribution in [3.63, 3.8) is 0 Å². The normalized spacial score (nSPS) is 13.2. The number of aryl methyl sites for hydroxylation is 1. The van der Waals surface area contributed by atoms with Gasteiger partial charge in [0.25, 0.3) is 0 Å². The molecule has 0 saturated carbocycles. The Morgan fingerprint density at radius 2 is 1.90 bits per heavy atom. The van der Waals surface area contributed by atoms with Gasteiger partial charge in [0, 0.05) is 12.7 Å². The zero-order valence-electron chi connectivity index (χ0n) is 12.9. The summed E-state index contributed by atoms with van der Waals surface area (Å²) in [6.45, 7) is 9.83. The van der Waals surface area contributed by atoms with E-state index >= 15 is 0 Å². The van der Waals surface area contributed by atoms with Crippen molar-refractivity contribution in [2.45, 2.75) is 46.7 Å². The van der Waals surface area contributed by atoms with Crippen LogP contribution >= 0.6 is 0 Å². The van der Waals surface area contributed by atoms with Crippen LogP contribution in [0, 0.1) is 5.41 Å². The number of rotatable bonds is 5. The van der Waals surface area contributed by atoms with Crippen molar-refractivity contribution in [1.82, 2.24) is 9.78 Å². The second-order valence-corrected chi connectivity index (χ2v) is 6.46. The summed E-state index contributed by atoms with van der Waals surface area (Å²) in [5.41, 5.74) is 2.69. The van der Waals surface area contributed by atoms with E-state index in [9.17, 15) is 0 Å². The molecule has 0 bridgehead atoms. The van der Waals surface area contributed by atoms with Crippen LogP contribution in [0.25, 0.3) is 0 Å². The van der Waals surface area contributed by atoms with E-state index in [1.807, 2.05) is 10.9 Å². The van der Waals surface area contributed by atoms with Gasteiger partial charge in [-0.1, -0.05) is 51.1 Å². The molecule has 1 N–H and O–H groups in total. The fourth-order valence-electron chi connectivity index (χ4n) is 2.36. The van der Waals surface area contributed by atoms with Crippen molar-refractivity contribution in [3.05, 3.63) is 48.3 Å². The van der Waals surface area contributed by atoms with Gasteiger partial charge in [-0.15, -0.1) is 0 Å². The molecule has 0 saturated heterocycles. The van der Waals surface area contributed by atoms with Crippen molar-refractivity contribution < 1.29 is 0 Å². The molecule has 0 aliphatic heterocycles. The molecule has 0 amide bonds. The molecule has 3 nitrogen and oxygen atoms in total. The van der Waals surface area contributed by atoms with Gasteiger partial charge in [-0.2, -0.15) is 5.10 Å². The van der Waals surface area contributed by atoms with Crippen LogP contribution in [0.2, 0.25) is 0 Å². The Labute approximate surface area is 122 Å². The van der Waals surface area contributed by atoms with Gasteiger partial charge < -0.3 is 5.32 Å². The Morgan fingerprint density at radius 1 is 1.20 bits per heavy atom. The van der Waals surface area contributed by atoms with Gasteiger partial charge in [0.2, 0.25) is 0 Å². The van der Waals surface area contributed by atoms with E-state index in [1.165, 1.54) is 5.56 Å². The Bertz CT molecular complexity index is 523. The van der Waals surface area contributed by atoms with Crippen LogP contribution in [-0.2, 0) is 6.54 Å². The van der Waals surface area contributed by atoms with Gasteiger partial charge in [0.05, 0.1) is 17.9 Å². The number of hydrogen-bond donors (Lipinski definition) is 1. The zero-order chi connectivity index (χ0) is 14.6. The first-order chi connectivity index (χ1) is 9.48. The molecule has 0 spiro atoms. The lowest BCUT2D eigenvalue weighted by atomic mass is 9.85. The molecule has 0 fully saturated rings. The third-order valence-corrected chi connectivity index (χ3v) is 3.32. The van der Waals surface area contributed by atoms with Gasteiger partial charge in [0.1, 0.15) is 0 Å². The van der Waals surface area contributed by atoms with Gasteiger partial charge >= 0.3 is 0 Å². The zero-order valence-corrected chi connectivity index (χ0v) is 12.9. The summed E-state index contributed by atoms with van der Waals surface area (Å²) >= 11 is 0. The molecule has 3 heteroatoms. The highest BCUT2D eigenvalue weighted by atomic mass is 15.3. The minimum Gasteiger partial charge on any atom is -0.376 e. The smallest absolute Gasteiger partial charge is 0.0731 e. The topological polar surface area (TPSA) is 29.9 Å². The first-order valence-electron chi connectivity index (χ1n) is 7.32. The largest absolute Gasteiger partial charge is 0.376 e. The maximum absolute atomic E-state index is 4.33. The third-order valence-electron chi connectivity index (χ3n) is 3.32. The third kappa shape index (κ3) is 4.12. The lowest BCUT2D eigenvalue weighted by Gasteiger charge is -2.27. The van der Waals surface area contributed by atoms with E-state index in [1.54, 1.807) is 0 Å². The Kier molecular flexibility index (Phi) is 4.48. The van der Waals surface area contributed by atoms with Gasteiger partial charge in [-0.05, 0) is 24.3 Å². The van der Waals surface area contributed by atoms with Gasteiger partial charge in [-0.25, -0.2) is 0 Å². The predicted molar refractivity (Wildman–Crippen MR) is 84.8 cm³/mol. The Balaban J connectivity index is 2.18. The highest BCUT2D eigenvalue weighted by Crippen LogP contribution is 2.31. The SMILES string of the molecule is CCn1cc(NC(CC(C)(C)C)c2ccccc2)cn1. The molecule has 1 aromatic carbocycles. The minimum absolute atomic E-state index is 0.272. The first-order valence-corrected chi connectivity index (χ1v) is 7.32. The molecule has 1 atom stereocenters. The van der Waals surface area contributed by atoms with E-state index in [0.717, 1.165) is 18.7 Å². The molecule has 0 aliphatic carbocycles. The summed E-state index contributed by atoms with van der Waals surface area (Å²) in [6, 6.07) is 10.9. The number of nitrogens with zero attached hydrogens (tertiary/aromatic N) is 2. The van der Waals surface area contributed by atoms with Crippen LogP contribution in [0.3, 0.4) is 0 Å². The van der Waals surface area contributed by atoms with Gasteiger partial charge in [-0.3, -0.25) is 4.68 Å². The average molecular weight is 271 g/mol. The summed E-state index contributed by atoms with van der Waals surface area (Å²) in [5.74, 6) is 0.